The van der Waals surface area contributed by atoms with Crippen LogP contribution >= 0.6 is 0 Å². The molecule has 3 rings (SSSR count). The summed E-state index contributed by atoms with van der Waals surface area (Å²) in [5, 5.41) is 0. The van der Waals surface area contributed by atoms with Crippen LogP contribution in [-0.4, -0.2) is 45.4 Å². The van der Waals surface area contributed by atoms with E-state index in [0.29, 0.717) is 42.2 Å². The van der Waals surface area contributed by atoms with Crippen LogP contribution in [0.2, 0.25) is 0 Å². The van der Waals surface area contributed by atoms with Gasteiger partial charge >= 0.3 is 0 Å². The number of nitrogens with zero attached hydrogens (tertiary/aromatic N) is 1. The maximum atomic E-state index is 6.08. The van der Waals surface area contributed by atoms with Gasteiger partial charge in [0.05, 0.1) is 20.8 Å². The summed E-state index contributed by atoms with van der Waals surface area (Å²) in [6, 6.07) is 14.8. The molecule has 2 N–H and O–H groups in total. The number of ether oxygens (including phenoxy) is 3. The molecule has 1 aliphatic heterocycles. The standard InChI is InChI=1S/C22H30N2O3/c1-4-27-22-20(25-2)10-16(11-21(22)26-3)13-24-14-18(12-23)19(15-24)17-8-6-5-7-9-17/h5-11,18-19H,4,12-15,23H2,1-3H3/t18-,19+/m1/s1. The Hall–Kier alpha value is -2.24. The minimum absolute atomic E-state index is 0.471. The SMILES string of the molecule is CCOc1c(OC)cc(CN2C[C@@H](CN)[C@H](c3ccccc3)C2)cc1OC. The molecule has 5 nitrogen and oxygen atoms in total. The molecule has 1 fully saturated rings. The van der Waals surface area contributed by atoms with Crippen molar-refractivity contribution in [1.82, 2.24) is 4.90 Å². The summed E-state index contributed by atoms with van der Waals surface area (Å²) in [5.41, 5.74) is 8.60. The van der Waals surface area contributed by atoms with Gasteiger partial charge in [-0.2, -0.15) is 0 Å². The molecule has 0 bridgehead atoms. The average Bonchev–Trinajstić information content (AvgIpc) is 3.12. The molecule has 0 radical (unpaired) electrons. The molecule has 0 aromatic heterocycles. The van der Waals surface area contributed by atoms with Crippen LogP contribution in [0.3, 0.4) is 0 Å². The maximum absolute atomic E-state index is 6.08. The smallest absolute Gasteiger partial charge is 0.203 e. The third-order valence-electron chi connectivity index (χ3n) is 5.26. The summed E-state index contributed by atoms with van der Waals surface area (Å²) < 4.78 is 16.8. The molecule has 2 atom stereocenters. The van der Waals surface area contributed by atoms with Gasteiger partial charge in [-0.15, -0.1) is 0 Å². The Balaban J connectivity index is 1.79. The molecule has 0 unspecified atom stereocenters. The molecular weight excluding hydrogens is 340 g/mol. The van der Waals surface area contributed by atoms with E-state index in [9.17, 15) is 0 Å². The van der Waals surface area contributed by atoms with Crippen molar-refractivity contribution in [3.8, 4) is 17.2 Å². The van der Waals surface area contributed by atoms with Gasteiger partial charge in [-0.05, 0) is 42.6 Å². The first-order valence-electron chi connectivity index (χ1n) is 9.55. The Morgan fingerprint density at radius 1 is 1.04 bits per heavy atom. The first-order chi connectivity index (χ1) is 13.2. The number of benzene rings is 2. The van der Waals surface area contributed by atoms with Crippen LogP contribution in [-0.2, 0) is 6.54 Å². The lowest BCUT2D eigenvalue weighted by Crippen LogP contribution is -2.23. The predicted molar refractivity (Wildman–Crippen MR) is 108 cm³/mol. The summed E-state index contributed by atoms with van der Waals surface area (Å²) in [4.78, 5) is 2.46. The van der Waals surface area contributed by atoms with E-state index in [1.807, 2.05) is 19.1 Å². The van der Waals surface area contributed by atoms with E-state index in [2.05, 4.69) is 35.2 Å². The van der Waals surface area contributed by atoms with E-state index < -0.39 is 0 Å². The Labute approximate surface area is 162 Å². The van der Waals surface area contributed by atoms with Crippen LogP contribution in [0.1, 0.15) is 24.0 Å². The number of rotatable bonds is 8. The molecule has 2 aromatic carbocycles. The zero-order valence-corrected chi connectivity index (χ0v) is 16.5. The normalized spacial score (nSPS) is 19.9. The number of hydrogen-bond acceptors (Lipinski definition) is 5. The fourth-order valence-electron chi connectivity index (χ4n) is 3.98. The van der Waals surface area contributed by atoms with Crippen molar-refractivity contribution < 1.29 is 14.2 Å². The number of methoxy groups -OCH3 is 2. The van der Waals surface area contributed by atoms with Crippen molar-refractivity contribution in [1.29, 1.82) is 0 Å². The van der Waals surface area contributed by atoms with Crippen LogP contribution in [0.4, 0.5) is 0 Å². The summed E-state index contributed by atoms with van der Waals surface area (Å²) in [6.45, 7) is 6.05. The average molecular weight is 370 g/mol. The fourth-order valence-corrected chi connectivity index (χ4v) is 3.98. The van der Waals surface area contributed by atoms with Gasteiger partial charge in [0.15, 0.2) is 11.5 Å². The Kier molecular flexibility index (Phi) is 6.58. The number of hydrogen-bond donors (Lipinski definition) is 1. The lowest BCUT2D eigenvalue weighted by atomic mass is 9.89. The van der Waals surface area contributed by atoms with Crippen LogP contribution in [0.5, 0.6) is 17.2 Å². The van der Waals surface area contributed by atoms with Gasteiger partial charge in [-0.25, -0.2) is 0 Å². The van der Waals surface area contributed by atoms with Crippen LogP contribution in [0.15, 0.2) is 42.5 Å². The first-order valence-corrected chi connectivity index (χ1v) is 9.55. The maximum Gasteiger partial charge on any atom is 0.203 e. The molecule has 1 saturated heterocycles. The van der Waals surface area contributed by atoms with Crippen molar-refractivity contribution in [3.05, 3.63) is 53.6 Å². The first kappa shape index (κ1) is 19.5. The number of likely N-dealkylation sites (tertiary alicyclic amines) is 1. The van der Waals surface area contributed by atoms with Crippen molar-refractivity contribution in [2.75, 3.05) is 40.5 Å². The lowest BCUT2D eigenvalue weighted by molar-refractivity contribution is 0.284. The van der Waals surface area contributed by atoms with Gasteiger partial charge in [-0.3, -0.25) is 4.90 Å². The molecule has 0 aliphatic carbocycles. The summed E-state index contributed by atoms with van der Waals surface area (Å²) in [6.07, 6.45) is 0. The van der Waals surface area contributed by atoms with Gasteiger partial charge in [0.25, 0.3) is 0 Å². The van der Waals surface area contributed by atoms with Crippen molar-refractivity contribution in [3.63, 3.8) is 0 Å². The van der Waals surface area contributed by atoms with Gasteiger partial charge in [-0.1, -0.05) is 30.3 Å². The van der Waals surface area contributed by atoms with Gasteiger partial charge in [0.1, 0.15) is 0 Å². The summed E-state index contributed by atoms with van der Waals surface area (Å²) in [7, 11) is 3.32. The monoisotopic (exact) mass is 370 g/mol. The van der Waals surface area contributed by atoms with Crippen molar-refractivity contribution >= 4 is 0 Å². The molecule has 5 heteroatoms. The second-order valence-corrected chi connectivity index (χ2v) is 6.97. The summed E-state index contributed by atoms with van der Waals surface area (Å²) >= 11 is 0. The highest BCUT2D eigenvalue weighted by Gasteiger charge is 2.32. The van der Waals surface area contributed by atoms with E-state index >= 15 is 0 Å². The number of nitrogens with two attached hydrogens (primary N) is 1. The highest BCUT2D eigenvalue weighted by atomic mass is 16.5. The Bertz CT molecular complexity index is 711. The molecule has 0 saturated carbocycles. The molecule has 27 heavy (non-hydrogen) atoms. The van der Waals surface area contributed by atoms with Crippen molar-refractivity contribution in [2.45, 2.75) is 19.4 Å². The Morgan fingerprint density at radius 2 is 1.70 bits per heavy atom. The minimum Gasteiger partial charge on any atom is -0.493 e. The van der Waals surface area contributed by atoms with Crippen LogP contribution in [0.25, 0.3) is 0 Å². The molecule has 1 aliphatic rings. The highest BCUT2D eigenvalue weighted by molar-refractivity contribution is 5.54. The second-order valence-electron chi connectivity index (χ2n) is 6.97. The van der Waals surface area contributed by atoms with E-state index in [1.165, 1.54) is 5.56 Å². The third kappa shape index (κ3) is 4.37. The van der Waals surface area contributed by atoms with Crippen LogP contribution < -0.4 is 19.9 Å². The molecule has 146 valence electrons. The lowest BCUT2D eigenvalue weighted by Gasteiger charge is -2.19. The molecule has 2 aromatic rings. The zero-order valence-electron chi connectivity index (χ0n) is 16.5. The Morgan fingerprint density at radius 3 is 2.26 bits per heavy atom. The van der Waals surface area contributed by atoms with Gasteiger partial charge < -0.3 is 19.9 Å². The molecular formula is C22H30N2O3. The van der Waals surface area contributed by atoms with E-state index in [0.717, 1.165) is 25.2 Å². The largest absolute Gasteiger partial charge is 0.493 e. The topological polar surface area (TPSA) is 57.0 Å². The van der Waals surface area contributed by atoms with E-state index in [-0.39, 0.29) is 0 Å². The quantitative estimate of drug-likeness (QED) is 0.773. The minimum atomic E-state index is 0.471. The third-order valence-corrected chi connectivity index (χ3v) is 5.26. The molecule has 0 amide bonds. The summed E-state index contributed by atoms with van der Waals surface area (Å²) in [5.74, 6) is 3.03. The van der Waals surface area contributed by atoms with Crippen molar-refractivity contribution in [2.24, 2.45) is 11.7 Å². The van der Waals surface area contributed by atoms with Gasteiger partial charge in [0, 0.05) is 25.6 Å². The second kappa shape index (κ2) is 9.11. The molecule has 1 heterocycles. The van der Waals surface area contributed by atoms with E-state index in [4.69, 9.17) is 19.9 Å². The highest BCUT2D eigenvalue weighted by Crippen LogP contribution is 2.40. The fraction of sp³-hybridized carbons (Fsp3) is 0.455. The van der Waals surface area contributed by atoms with Crippen LogP contribution in [0, 0.1) is 5.92 Å². The molecule has 0 spiro atoms. The van der Waals surface area contributed by atoms with Gasteiger partial charge in [0.2, 0.25) is 5.75 Å². The van der Waals surface area contributed by atoms with E-state index in [1.54, 1.807) is 14.2 Å². The predicted octanol–water partition coefficient (Wildman–Crippen LogP) is 3.28. The zero-order chi connectivity index (χ0) is 19.2.